The third-order valence-corrected chi connectivity index (χ3v) is 4.80. The van der Waals surface area contributed by atoms with Crippen LogP contribution in [-0.4, -0.2) is 31.5 Å². The van der Waals surface area contributed by atoms with Gasteiger partial charge in [-0.05, 0) is 50.9 Å². The van der Waals surface area contributed by atoms with Crippen LogP contribution in [0.2, 0.25) is 0 Å². The van der Waals surface area contributed by atoms with E-state index in [1.165, 1.54) is 0 Å². The molecule has 0 amide bonds. The first-order valence-electron chi connectivity index (χ1n) is 7.31. The van der Waals surface area contributed by atoms with Gasteiger partial charge in [-0.15, -0.1) is 0 Å². The van der Waals surface area contributed by atoms with E-state index in [9.17, 15) is 0 Å². The summed E-state index contributed by atoms with van der Waals surface area (Å²) in [5.41, 5.74) is 2.06. The molecule has 110 valence electrons. The number of benzene rings is 1. The van der Waals surface area contributed by atoms with E-state index in [-0.39, 0.29) is 11.2 Å². The van der Waals surface area contributed by atoms with Crippen LogP contribution in [0.15, 0.2) is 18.2 Å². The highest BCUT2D eigenvalue weighted by Crippen LogP contribution is 2.37. The molecule has 21 heavy (non-hydrogen) atoms. The van der Waals surface area contributed by atoms with Crippen molar-refractivity contribution in [3.63, 3.8) is 0 Å². The van der Waals surface area contributed by atoms with E-state index < -0.39 is 7.12 Å². The molecule has 0 aromatic heterocycles. The summed E-state index contributed by atoms with van der Waals surface area (Å²) in [6, 6.07) is 7.91. The second kappa shape index (κ2) is 4.84. The fourth-order valence-electron chi connectivity index (χ4n) is 2.60. The Labute approximate surface area is 126 Å². The van der Waals surface area contributed by atoms with Crippen LogP contribution in [0.25, 0.3) is 0 Å². The van der Waals surface area contributed by atoms with Crippen LogP contribution < -0.4 is 5.46 Å². The number of hydrogen-bond donors (Lipinski definition) is 0. The fraction of sp³-hybridized carbons (Fsp3) is 0.562. The van der Waals surface area contributed by atoms with Gasteiger partial charge in [0, 0.05) is 5.92 Å². The molecule has 2 heterocycles. The Kier molecular flexibility index (Phi) is 3.36. The van der Waals surface area contributed by atoms with Gasteiger partial charge in [-0.25, -0.2) is 0 Å². The first kappa shape index (κ1) is 14.6. The monoisotopic (exact) mass is 285 g/mol. The van der Waals surface area contributed by atoms with Crippen LogP contribution in [0, 0.1) is 11.3 Å². The number of rotatable bonds is 2. The standard InChI is InChI=1S/C16H20BNO3/c1-15(2)16(3,4)21-17(20-15)14-6-5-11(8-18)7-13(14)12-9-19-10-12/h5-7,12H,9-10H2,1-4H3. The topological polar surface area (TPSA) is 51.5 Å². The SMILES string of the molecule is CC1(C)OB(c2ccc(C#N)cc2C2COC2)OC1(C)C. The summed E-state index contributed by atoms with van der Waals surface area (Å²) < 4.78 is 17.6. The van der Waals surface area contributed by atoms with Gasteiger partial charge in [0.2, 0.25) is 0 Å². The van der Waals surface area contributed by atoms with Gasteiger partial charge < -0.3 is 14.0 Å². The molecular formula is C16H20BNO3. The lowest BCUT2D eigenvalue weighted by molar-refractivity contribution is 0.00578. The first-order valence-corrected chi connectivity index (χ1v) is 7.31. The molecule has 0 saturated carbocycles. The van der Waals surface area contributed by atoms with Crippen LogP contribution in [0.1, 0.15) is 44.7 Å². The van der Waals surface area contributed by atoms with E-state index >= 15 is 0 Å². The summed E-state index contributed by atoms with van der Waals surface area (Å²) >= 11 is 0. The molecule has 4 nitrogen and oxygen atoms in total. The molecule has 0 atom stereocenters. The van der Waals surface area contributed by atoms with Crippen molar-refractivity contribution in [3.05, 3.63) is 29.3 Å². The first-order chi connectivity index (χ1) is 9.84. The summed E-state index contributed by atoms with van der Waals surface area (Å²) in [6.07, 6.45) is 0. The minimum Gasteiger partial charge on any atom is -0.399 e. The number of ether oxygens (including phenoxy) is 1. The molecule has 0 bridgehead atoms. The van der Waals surface area contributed by atoms with Crippen molar-refractivity contribution in [1.29, 1.82) is 5.26 Å². The van der Waals surface area contributed by atoms with Crippen molar-refractivity contribution in [2.75, 3.05) is 13.2 Å². The number of hydrogen-bond acceptors (Lipinski definition) is 4. The maximum atomic E-state index is 9.11. The Hall–Kier alpha value is -1.35. The lowest BCUT2D eigenvalue weighted by Gasteiger charge is -2.32. The largest absolute Gasteiger partial charge is 0.495 e. The third kappa shape index (κ3) is 2.38. The third-order valence-electron chi connectivity index (χ3n) is 4.80. The fourth-order valence-corrected chi connectivity index (χ4v) is 2.60. The molecule has 5 heteroatoms. The average molecular weight is 285 g/mol. The summed E-state index contributed by atoms with van der Waals surface area (Å²) in [5.74, 6) is 0.326. The summed E-state index contributed by atoms with van der Waals surface area (Å²) in [5, 5.41) is 9.11. The molecule has 3 rings (SSSR count). The van der Waals surface area contributed by atoms with E-state index in [1.54, 1.807) is 0 Å². The highest BCUT2D eigenvalue weighted by atomic mass is 16.7. The quantitative estimate of drug-likeness (QED) is 0.780. The number of nitrogens with zero attached hydrogens (tertiary/aromatic N) is 1. The van der Waals surface area contributed by atoms with E-state index in [0.717, 1.165) is 11.0 Å². The smallest absolute Gasteiger partial charge is 0.399 e. The van der Waals surface area contributed by atoms with Crippen LogP contribution >= 0.6 is 0 Å². The molecule has 1 aromatic rings. The van der Waals surface area contributed by atoms with E-state index in [0.29, 0.717) is 24.7 Å². The predicted octanol–water partition coefficient (Wildman–Crippen LogP) is 1.97. The Morgan fingerprint density at radius 2 is 1.76 bits per heavy atom. The van der Waals surface area contributed by atoms with Crippen molar-refractivity contribution in [2.45, 2.75) is 44.8 Å². The molecule has 0 unspecified atom stereocenters. The summed E-state index contributed by atoms with van der Waals surface area (Å²) in [6.45, 7) is 9.57. The molecule has 0 radical (unpaired) electrons. The van der Waals surface area contributed by atoms with Crippen LogP contribution in [0.4, 0.5) is 0 Å². The van der Waals surface area contributed by atoms with Crippen molar-refractivity contribution in [3.8, 4) is 6.07 Å². The molecule has 2 saturated heterocycles. The van der Waals surface area contributed by atoms with Gasteiger partial charge in [0.25, 0.3) is 0 Å². The van der Waals surface area contributed by atoms with Crippen LogP contribution in [-0.2, 0) is 14.0 Å². The zero-order valence-electron chi connectivity index (χ0n) is 13.0. The van der Waals surface area contributed by atoms with Gasteiger partial charge in [-0.1, -0.05) is 6.07 Å². The van der Waals surface area contributed by atoms with Gasteiger partial charge in [-0.2, -0.15) is 5.26 Å². The van der Waals surface area contributed by atoms with Gasteiger partial charge in [-0.3, -0.25) is 0 Å². The molecule has 0 spiro atoms. The summed E-state index contributed by atoms with van der Waals surface area (Å²) in [4.78, 5) is 0. The Bertz CT molecular complexity index is 586. The van der Waals surface area contributed by atoms with Gasteiger partial charge in [0.1, 0.15) is 0 Å². The molecule has 0 N–H and O–H groups in total. The van der Waals surface area contributed by atoms with Gasteiger partial charge >= 0.3 is 7.12 Å². The highest BCUT2D eigenvalue weighted by molar-refractivity contribution is 6.62. The van der Waals surface area contributed by atoms with Crippen molar-refractivity contribution >= 4 is 12.6 Å². The zero-order valence-corrected chi connectivity index (χ0v) is 13.0. The second-order valence-electron chi connectivity index (χ2n) is 6.78. The minimum absolute atomic E-state index is 0.326. The Morgan fingerprint density at radius 1 is 1.14 bits per heavy atom. The van der Waals surface area contributed by atoms with Gasteiger partial charge in [0.05, 0.1) is 36.0 Å². The number of nitriles is 1. The second-order valence-corrected chi connectivity index (χ2v) is 6.78. The normalized spacial score (nSPS) is 23.7. The van der Waals surface area contributed by atoms with Crippen LogP contribution in [0.3, 0.4) is 0 Å². The molecular weight excluding hydrogens is 265 g/mol. The molecule has 0 aliphatic carbocycles. The maximum absolute atomic E-state index is 9.11. The zero-order chi connectivity index (χ0) is 15.3. The van der Waals surface area contributed by atoms with E-state index in [1.807, 2.05) is 45.9 Å². The van der Waals surface area contributed by atoms with Gasteiger partial charge in [0.15, 0.2) is 0 Å². The predicted molar refractivity (Wildman–Crippen MR) is 80.4 cm³/mol. The Morgan fingerprint density at radius 3 is 2.24 bits per heavy atom. The van der Waals surface area contributed by atoms with E-state index in [4.69, 9.17) is 19.3 Å². The molecule has 1 aromatic carbocycles. The molecule has 2 aliphatic heterocycles. The van der Waals surface area contributed by atoms with E-state index in [2.05, 4.69) is 6.07 Å². The molecule has 2 fully saturated rings. The summed E-state index contributed by atoms with van der Waals surface area (Å²) in [7, 11) is -0.390. The molecule has 2 aliphatic rings. The Balaban J connectivity index is 1.98. The lowest BCUT2D eigenvalue weighted by atomic mass is 9.72. The van der Waals surface area contributed by atoms with Crippen molar-refractivity contribution in [2.24, 2.45) is 0 Å². The lowest BCUT2D eigenvalue weighted by Crippen LogP contribution is -2.41. The average Bonchev–Trinajstić information content (AvgIpc) is 2.56. The van der Waals surface area contributed by atoms with Crippen LogP contribution in [0.5, 0.6) is 0 Å². The maximum Gasteiger partial charge on any atom is 0.495 e. The minimum atomic E-state index is -0.390. The van der Waals surface area contributed by atoms with Crippen molar-refractivity contribution in [1.82, 2.24) is 0 Å². The van der Waals surface area contributed by atoms with Crippen molar-refractivity contribution < 1.29 is 14.0 Å². The highest BCUT2D eigenvalue weighted by Gasteiger charge is 2.52.